The Bertz CT molecular complexity index is 589. The number of nitrogens with zero attached hydrogens (tertiary/aromatic N) is 1. The highest BCUT2D eigenvalue weighted by Gasteiger charge is 2.53. The van der Waals surface area contributed by atoms with Crippen molar-refractivity contribution in [3.05, 3.63) is 35.6 Å². The van der Waals surface area contributed by atoms with Crippen molar-refractivity contribution in [3.8, 4) is 0 Å². The molecule has 2 saturated heterocycles. The van der Waals surface area contributed by atoms with Crippen LogP contribution in [0, 0.1) is 17.2 Å². The molecule has 1 spiro atoms. The van der Waals surface area contributed by atoms with Gasteiger partial charge >= 0.3 is 0 Å². The van der Waals surface area contributed by atoms with E-state index >= 15 is 0 Å². The zero-order valence-electron chi connectivity index (χ0n) is 12.1. The van der Waals surface area contributed by atoms with Gasteiger partial charge < -0.3 is 10.2 Å². The summed E-state index contributed by atoms with van der Waals surface area (Å²) in [6, 6.07) is 6.11. The highest BCUT2D eigenvalue weighted by Crippen LogP contribution is 2.41. The smallest absolute Gasteiger partial charge is 0.228 e. The highest BCUT2D eigenvalue weighted by molar-refractivity contribution is 5.87. The molecule has 0 aromatic heterocycles. The van der Waals surface area contributed by atoms with Crippen LogP contribution in [-0.2, 0) is 16.0 Å². The van der Waals surface area contributed by atoms with E-state index in [4.69, 9.17) is 0 Å². The van der Waals surface area contributed by atoms with Crippen molar-refractivity contribution in [1.82, 2.24) is 10.2 Å². The summed E-state index contributed by atoms with van der Waals surface area (Å²) in [6.45, 7) is 3.80. The molecule has 1 aromatic carbocycles. The van der Waals surface area contributed by atoms with E-state index in [-0.39, 0.29) is 30.0 Å². The van der Waals surface area contributed by atoms with Crippen molar-refractivity contribution in [2.75, 3.05) is 19.6 Å². The van der Waals surface area contributed by atoms with Gasteiger partial charge in [-0.3, -0.25) is 9.59 Å². The second-order valence-electron chi connectivity index (χ2n) is 6.14. The van der Waals surface area contributed by atoms with Gasteiger partial charge in [-0.25, -0.2) is 4.39 Å². The molecule has 0 bridgehead atoms. The Kier molecular flexibility index (Phi) is 3.43. The van der Waals surface area contributed by atoms with Gasteiger partial charge in [-0.15, -0.1) is 0 Å². The number of carbonyl (C=O) groups excluding carboxylic acids is 2. The summed E-state index contributed by atoms with van der Waals surface area (Å²) in [5.74, 6) is -0.140. The molecule has 0 aliphatic carbocycles. The van der Waals surface area contributed by atoms with Gasteiger partial charge in [0.15, 0.2) is 0 Å². The van der Waals surface area contributed by atoms with Crippen molar-refractivity contribution in [1.29, 1.82) is 0 Å². The molecule has 4 nitrogen and oxygen atoms in total. The Morgan fingerprint density at radius 3 is 3.00 bits per heavy atom. The molecule has 2 fully saturated rings. The van der Waals surface area contributed by atoms with Crippen molar-refractivity contribution in [2.45, 2.75) is 19.8 Å². The minimum atomic E-state index is -0.419. The Morgan fingerprint density at radius 2 is 2.33 bits per heavy atom. The van der Waals surface area contributed by atoms with E-state index in [0.29, 0.717) is 25.2 Å². The zero-order chi connectivity index (χ0) is 15.0. The van der Waals surface area contributed by atoms with Crippen LogP contribution in [0.1, 0.15) is 18.9 Å². The van der Waals surface area contributed by atoms with Crippen LogP contribution in [0.25, 0.3) is 0 Å². The SMILES string of the molecule is C[C@@H]1CN(C(=O)Cc2cccc(F)c2)C[C@]12CCNC2=O. The van der Waals surface area contributed by atoms with E-state index in [1.165, 1.54) is 12.1 Å². The fourth-order valence-electron chi connectivity index (χ4n) is 3.50. The molecule has 3 rings (SSSR count). The maximum atomic E-state index is 13.2. The lowest BCUT2D eigenvalue weighted by atomic mass is 9.78. The predicted molar refractivity (Wildman–Crippen MR) is 75.9 cm³/mol. The van der Waals surface area contributed by atoms with Gasteiger partial charge in [0, 0.05) is 19.6 Å². The Balaban J connectivity index is 1.71. The van der Waals surface area contributed by atoms with Crippen LogP contribution >= 0.6 is 0 Å². The second kappa shape index (κ2) is 5.13. The number of hydrogen-bond acceptors (Lipinski definition) is 2. The molecule has 1 aromatic rings. The molecule has 0 unspecified atom stereocenters. The lowest BCUT2D eigenvalue weighted by molar-refractivity contribution is -0.131. The number of likely N-dealkylation sites (tertiary alicyclic amines) is 1. The third kappa shape index (κ3) is 2.41. The monoisotopic (exact) mass is 290 g/mol. The molecule has 5 heteroatoms. The number of amides is 2. The second-order valence-corrected chi connectivity index (χ2v) is 6.14. The minimum absolute atomic E-state index is 0.0379. The first-order valence-corrected chi connectivity index (χ1v) is 7.32. The first-order valence-electron chi connectivity index (χ1n) is 7.32. The summed E-state index contributed by atoms with van der Waals surface area (Å²) in [5.41, 5.74) is 0.252. The first-order chi connectivity index (χ1) is 10.0. The third-order valence-corrected chi connectivity index (χ3v) is 4.82. The van der Waals surface area contributed by atoms with Crippen molar-refractivity contribution in [3.63, 3.8) is 0 Å². The summed E-state index contributed by atoms with van der Waals surface area (Å²) in [5, 5.41) is 2.87. The molecule has 0 saturated carbocycles. The van der Waals surface area contributed by atoms with Gasteiger partial charge in [-0.2, -0.15) is 0 Å². The number of rotatable bonds is 2. The standard InChI is InChI=1S/C16H19FN2O2/c1-11-9-19(10-16(11)5-6-18-15(16)21)14(20)8-12-3-2-4-13(17)7-12/h2-4,7,11H,5-6,8-10H2,1H3,(H,18,21)/t11-,16-/m1/s1. The summed E-state index contributed by atoms with van der Waals surface area (Å²) < 4.78 is 13.2. The van der Waals surface area contributed by atoms with Crippen molar-refractivity contribution >= 4 is 11.8 Å². The van der Waals surface area contributed by atoms with Gasteiger partial charge in [-0.05, 0) is 30.0 Å². The number of nitrogens with one attached hydrogen (secondary N) is 1. The van der Waals surface area contributed by atoms with E-state index in [9.17, 15) is 14.0 Å². The maximum absolute atomic E-state index is 13.2. The Labute approximate surface area is 123 Å². The lowest BCUT2D eigenvalue weighted by Crippen LogP contribution is -2.38. The number of halogens is 1. The fraction of sp³-hybridized carbons (Fsp3) is 0.500. The number of hydrogen-bond donors (Lipinski definition) is 1. The third-order valence-electron chi connectivity index (χ3n) is 4.82. The van der Waals surface area contributed by atoms with Crippen LogP contribution in [0.4, 0.5) is 4.39 Å². The molecule has 21 heavy (non-hydrogen) atoms. The molecule has 2 heterocycles. The average Bonchev–Trinajstić information content (AvgIpc) is 2.96. The van der Waals surface area contributed by atoms with Gasteiger partial charge in [0.1, 0.15) is 5.82 Å². The Morgan fingerprint density at radius 1 is 1.52 bits per heavy atom. The van der Waals surface area contributed by atoms with Crippen molar-refractivity contribution in [2.24, 2.45) is 11.3 Å². The zero-order valence-corrected chi connectivity index (χ0v) is 12.1. The summed E-state index contributed by atoms with van der Waals surface area (Å²) >= 11 is 0. The van der Waals surface area contributed by atoms with Gasteiger partial charge in [0.05, 0.1) is 11.8 Å². The largest absolute Gasteiger partial charge is 0.356 e. The molecule has 112 valence electrons. The van der Waals surface area contributed by atoms with E-state index in [1.807, 2.05) is 6.92 Å². The summed E-state index contributed by atoms with van der Waals surface area (Å²) in [7, 11) is 0. The highest BCUT2D eigenvalue weighted by atomic mass is 19.1. The normalized spacial score (nSPS) is 28.2. The lowest BCUT2D eigenvalue weighted by Gasteiger charge is -2.23. The van der Waals surface area contributed by atoms with E-state index < -0.39 is 5.41 Å². The Hall–Kier alpha value is -1.91. The van der Waals surface area contributed by atoms with Gasteiger partial charge in [0.25, 0.3) is 0 Å². The fourth-order valence-corrected chi connectivity index (χ4v) is 3.50. The van der Waals surface area contributed by atoms with Gasteiger partial charge in [0.2, 0.25) is 11.8 Å². The molecule has 2 aliphatic rings. The van der Waals surface area contributed by atoms with Crippen LogP contribution in [-0.4, -0.2) is 36.3 Å². The van der Waals surface area contributed by atoms with Crippen LogP contribution in [0.15, 0.2) is 24.3 Å². The summed E-state index contributed by atoms with van der Waals surface area (Å²) in [4.78, 5) is 26.2. The van der Waals surface area contributed by atoms with Crippen LogP contribution in [0.2, 0.25) is 0 Å². The predicted octanol–water partition coefficient (Wildman–Crippen LogP) is 1.35. The van der Waals surface area contributed by atoms with E-state index in [2.05, 4.69) is 5.32 Å². The van der Waals surface area contributed by atoms with Crippen LogP contribution in [0.5, 0.6) is 0 Å². The average molecular weight is 290 g/mol. The molecular formula is C16H19FN2O2. The molecule has 1 N–H and O–H groups in total. The van der Waals surface area contributed by atoms with E-state index in [1.54, 1.807) is 17.0 Å². The molecule has 2 amide bonds. The van der Waals surface area contributed by atoms with Crippen LogP contribution in [0.3, 0.4) is 0 Å². The minimum Gasteiger partial charge on any atom is -0.356 e. The maximum Gasteiger partial charge on any atom is 0.228 e. The van der Waals surface area contributed by atoms with Crippen molar-refractivity contribution < 1.29 is 14.0 Å². The van der Waals surface area contributed by atoms with Crippen LogP contribution < -0.4 is 5.32 Å². The molecular weight excluding hydrogens is 271 g/mol. The number of benzene rings is 1. The quantitative estimate of drug-likeness (QED) is 0.894. The van der Waals surface area contributed by atoms with E-state index in [0.717, 1.165) is 6.42 Å². The molecule has 0 radical (unpaired) electrons. The van der Waals surface area contributed by atoms with Gasteiger partial charge in [-0.1, -0.05) is 19.1 Å². The first kappa shape index (κ1) is 14.0. The summed E-state index contributed by atoms with van der Waals surface area (Å²) in [6.07, 6.45) is 0.971. The molecule has 2 atom stereocenters. The molecule has 2 aliphatic heterocycles. The topological polar surface area (TPSA) is 49.4 Å². The number of carbonyl (C=O) groups is 2.